The van der Waals surface area contributed by atoms with Gasteiger partial charge >= 0.3 is 0 Å². The second-order valence-electron chi connectivity index (χ2n) is 7.14. The second kappa shape index (κ2) is 12.9. The van der Waals surface area contributed by atoms with Crippen LogP contribution in [0.1, 0.15) is 24.5 Å². The number of nitrogens with zero attached hydrogens (tertiary/aromatic N) is 1. The Morgan fingerprint density at radius 2 is 1.83 bits per heavy atom. The summed E-state index contributed by atoms with van der Waals surface area (Å²) in [7, 11) is 0. The summed E-state index contributed by atoms with van der Waals surface area (Å²) in [5.74, 6) is -0.930. The maximum Gasteiger partial charge on any atom is 0.249 e. The first-order valence-electron chi connectivity index (χ1n) is 10.6. The van der Waals surface area contributed by atoms with E-state index in [1.165, 1.54) is 24.4 Å². The highest BCUT2D eigenvalue weighted by atomic mass is 79.9. The minimum absolute atomic E-state index is 0.000973. The molecule has 0 heterocycles. The number of hydrogen-bond donors (Lipinski definition) is 2. The minimum Gasteiger partial charge on any atom is -0.490 e. The number of rotatable bonds is 10. The average Bonchev–Trinajstić information content (AvgIpc) is 2.81. The summed E-state index contributed by atoms with van der Waals surface area (Å²) in [5, 5.41) is 6.82. The molecule has 10 heteroatoms. The number of hydrazone groups is 1. The van der Waals surface area contributed by atoms with E-state index in [9.17, 15) is 14.0 Å². The number of anilines is 1. The molecule has 0 saturated carbocycles. The number of carbonyl (C=O) groups excluding carboxylic acids is 2. The topological polar surface area (TPSA) is 89.0 Å². The zero-order valence-corrected chi connectivity index (χ0v) is 21.0. The van der Waals surface area contributed by atoms with Gasteiger partial charge in [-0.2, -0.15) is 5.10 Å². The standard InChI is InChI=1S/C25H22BrClFN3O4/c1-2-34-22-12-16(11-18(26)25(22)35-15-17-7-3-4-8-19(17)27)14-29-31-24(33)13-23(32)30-21-10-6-5-9-20(21)28/h3-12,14H,2,13,15H2,1H3,(H,30,32)(H,31,33). The number of ether oxygens (including phenoxy) is 2. The van der Waals surface area contributed by atoms with Crippen molar-refractivity contribution in [2.75, 3.05) is 11.9 Å². The molecule has 0 radical (unpaired) electrons. The van der Waals surface area contributed by atoms with Gasteiger partial charge in [0.2, 0.25) is 11.8 Å². The number of benzene rings is 3. The molecule has 3 aromatic rings. The SMILES string of the molecule is CCOc1cc(C=NNC(=O)CC(=O)Nc2ccccc2F)cc(Br)c1OCc1ccccc1Cl. The summed E-state index contributed by atoms with van der Waals surface area (Å²) in [4.78, 5) is 24.0. The lowest BCUT2D eigenvalue weighted by atomic mass is 10.2. The summed E-state index contributed by atoms with van der Waals surface area (Å²) in [6.07, 6.45) is 0.881. The van der Waals surface area contributed by atoms with Crippen LogP contribution in [0.25, 0.3) is 0 Å². The lowest BCUT2D eigenvalue weighted by molar-refractivity contribution is -0.126. The molecule has 0 unspecified atom stereocenters. The van der Waals surface area contributed by atoms with Gasteiger partial charge in [0.05, 0.1) is 23.0 Å². The highest BCUT2D eigenvalue weighted by Crippen LogP contribution is 2.37. The van der Waals surface area contributed by atoms with E-state index in [1.54, 1.807) is 24.3 Å². The van der Waals surface area contributed by atoms with Gasteiger partial charge in [-0.15, -0.1) is 0 Å². The molecule has 0 spiro atoms. The van der Waals surface area contributed by atoms with E-state index in [1.807, 2.05) is 25.1 Å². The molecule has 182 valence electrons. The largest absolute Gasteiger partial charge is 0.490 e. The van der Waals surface area contributed by atoms with Crippen LogP contribution in [0, 0.1) is 5.82 Å². The fraction of sp³-hybridized carbons (Fsp3) is 0.160. The molecule has 3 aromatic carbocycles. The smallest absolute Gasteiger partial charge is 0.249 e. The van der Waals surface area contributed by atoms with Crippen molar-refractivity contribution < 1.29 is 23.5 Å². The van der Waals surface area contributed by atoms with Gasteiger partial charge in [0, 0.05) is 10.6 Å². The van der Waals surface area contributed by atoms with E-state index in [-0.39, 0.29) is 12.3 Å². The fourth-order valence-electron chi connectivity index (χ4n) is 2.95. The molecule has 3 rings (SSSR count). The second-order valence-corrected chi connectivity index (χ2v) is 8.40. The minimum atomic E-state index is -0.663. The molecule has 35 heavy (non-hydrogen) atoms. The van der Waals surface area contributed by atoms with Crippen molar-refractivity contribution in [3.63, 3.8) is 0 Å². The number of para-hydroxylation sites is 1. The van der Waals surface area contributed by atoms with Gasteiger partial charge in [-0.25, -0.2) is 9.82 Å². The van der Waals surface area contributed by atoms with Crippen molar-refractivity contribution >= 4 is 51.2 Å². The van der Waals surface area contributed by atoms with Crippen molar-refractivity contribution in [2.45, 2.75) is 20.0 Å². The maximum absolute atomic E-state index is 13.6. The molecule has 0 saturated heterocycles. The Balaban J connectivity index is 1.61. The number of nitrogens with one attached hydrogen (secondary N) is 2. The number of hydrogen-bond acceptors (Lipinski definition) is 5. The Labute approximate surface area is 215 Å². The lowest BCUT2D eigenvalue weighted by Crippen LogP contribution is -2.24. The molecule has 0 atom stereocenters. The quantitative estimate of drug-likeness (QED) is 0.189. The third-order valence-corrected chi connectivity index (χ3v) is 5.49. The van der Waals surface area contributed by atoms with Crippen LogP contribution in [0.4, 0.5) is 10.1 Å². The molecule has 0 aliphatic heterocycles. The number of halogens is 3. The molecule has 2 N–H and O–H groups in total. The Morgan fingerprint density at radius 1 is 1.09 bits per heavy atom. The van der Waals surface area contributed by atoms with E-state index in [0.717, 1.165) is 5.56 Å². The first-order chi connectivity index (χ1) is 16.9. The van der Waals surface area contributed by atoms with Gasteiger partial charge in [-0.1, -0.05) is 41.9 Å². The zero-order chi connectivity index (χ0) is 25.2. The van der Waals surface area contributed by atoms with E-state index in [4.69, 9.17) is 21.1 Å². The first kappa shape index (κ1) is 26.2. The van der Waals surface area contributed by atoms with Crippen molar-refractivity contribution in [2.24, 2.45) is 5.10 Å². The van der Waals surface area contributed by atoms with Crippen LogP contribution in [0.5, 0.6) is 11.5 Å². The molecule has 0 aromatic heterocycles. The van der Waals surface area contributed by atoms with E-state index in [2.05, 4.69) is 31.8 Å². The molecular formula is C25H22BrClFN3O4. The van der Waals surface area contributed by atoms with Gasteiger partial charge < -0.3 is 14.8 Å². The molecule has 0 aliphatic carbocycles. The van der Waals surface area contributed by atoms with E-state index >= 15 is 0 Å². The van der Waals surface area contributed by atoms with Crippen LogP contribution in [0.3, 0.4) is 0 Å². The predicted octanol–water partition coefficient (Wildman–Crippen LogP) is 5.70. The number of carbonyl (C=O) groups is 2. The Bertz CT molecular complexity index is 1240. The predicted molar refractivity (Wildman–Crippen MR) is 136 cm³/mol. The summed E-state index contributed by atoms with van der Waals surface area (Å²) in [6, 6.07) is 16.5. The van der Waals surface area contributed by atoms with Crippen molar-refractivity contribution in [1.29, 1.82) is 0 Å². The average molecular weight is 563 g/mol. The highest BCUT2D eigenvalue weighted by molar-refractivity contribution is 9.10. The third kappa shape index (κ3) is 7.80. The van der Waals surface area contributed by atoms with Gasteiger partial charge in [-0.3, -0.25) is 9.59 Å². The van der Waals surface area contributed by atoms with Gasteiger partial charge in [-0.05, 0) is 58.7 Å². The zero-order valence-electron chi connectivity index (χ0n) is 18.7. The monoisotopic (exact) mass is 561 g/mol. The molecule has 7 nitrogen and oxygen atoms in total. The maximum atomic E-state index is 13.6. The van der Waals surface area contributed by atoms with Crippen molar-refractivity contribution in [1.82, 2.24) is 5.43 Å². The molecule has 2 amide bonds. The van der Waals surface area contributed by atoms with Gasteiger partial charge in [0.1, 0.15) is 18.8 Å². The van der Waals surface area contributed by atoms with Crippen LogP contribution >= 0.6 is 27.5 Å². The summed E-state index contributed by atoms with van der Waals surface area (Å²) < 4.78 is 25.9. The van der Waals surface area contributed by atoms with Gasteiger partial charge in [0.15, 0.2) is 11.5 Å². The van der Waals surface area contributed by atoms with Crippen LogP contribution in [-0.2, 0) is 16.2 Å². The van der Waals surface area contributed by atoms with Crippen molar-refractivity contribution in [3.8, 4) is 11.5 Å². The lowest BCUT2D eigenvalue weighted by Gasteiger charge is -2.15. The van der Waals surface area contributed by atoms with Crippen LogP contribution in [0.15, 0.2) is 70.2 Å². The number of amides is 2. The highest BCUT2D eigenvalue weighted by Gasteiger charge is 2.14. The van der Waals surface area contributed by atoms with Crippen LogP contribution in [-0.4, -0.2) is 24.6 Å². The summed E-state index contributed by atoms with van der Waals surface area (Å²) in [5.41, 5.74) is 3.72. The Morgan fingerprint density at radius 3 is 2.57 bits per heavy atom. The summed E-state index contributed by atoms with van der Waals surface area (Å²) in [6.45, 7) is 2.50. The summed E-state index contributed by atoms with van der Waals surface area (Å²) >= 11 is 9.68. The van der Waals surface area contributed by atoms with E-state index in [0.29, 0.717) is 33.2 Å². The third-order valence-electron chi connectivity index (χ3n) is 4.53. The Kier molecular flexibility index (Phi) is 9.63. The molecule has 0 fully saturated rings. The fourth-order valence-corrected chi connectivity index (χ4v) is 3.72. The normalized spacial score (nSPS) is 10.7. The van der Waals surface area contributed by atoms with Crippen molar-refractivity contribution in [3.05, 3.63) is 87.1 Å². The van der Waals surface area contributed by atoms with Gasteiger partial charge in [0.25, 0.3) is 0 Å². The molecule has 0 bridgehead atoms. The van der Waals surface area contributed by atoms with Crippen LogP contribution < -0.4 is 20.2 Å². The molecule has 0 aliphatic rings. The van der Waals surface area contributed by atoms with Crippen LogP contribution in [0.2, 0.25) is 5.02 Å². The van der Waals surface area contributed by atoms with E-state index < -0.39 is 24.1 Å². The first-order valence-corrected chi connectivity index (χ1v) is 11.7. The molecular weight excluding hydrogens is 541 g/mol. The Hall–Kier alpha value is -3.43.